The Hall–Kier alpha value is -2.69. The van der Waals surface area contributed by atoms with Gasteiger partial charge in [0.25, 0.3) is 0 Å². The number of rotatable bonds is 8. The summed E-state index contributed by atoms with van der Waals surface area (Å²) in [6.07, 6.45) is 12.1. The van der Waals surface area contributed by atoms with Gasteiger partial charge >= 0.3 is 5.97 Å². The quantitative estimate of drug-likeness (QED) is 0.214. The van der Waals surface area contributed by atoms with Crippen LogP contribution in [0.4, 0.5) is 0 Å². The molecule has 2 aromatic rings. The van der Waals surface area contributed by atoms with Crippen LogP contribution in [0.5, 0.6) is 0 Å². The molecule has 1 aliphatic carbocycles. The fourth-order valence-electron chi connectivity index (χ4n) is 4.06. The van der Waals surface area contributed by atoms with Crippen LogP contribution >= 0.6 is 0 Å². The number of carbonyl (C=O) groups excluding carboxylic acids is 1. The SMILES string of the molecule is CCCCCC1CCC(c2ccc(C(=O)O/N=C(/N)c3ccccn3)cc2)CC1. The van der Waals surface area contributed by atoms with Crippen molar-refractivity contribution >= 4 is 11.8 Å². The molecule has 1 saturated carbocycles. The van der Waals surface area contributed by atoms with E-state index in [-0.39, 0.29) is 5.84 Å². The zero-order valence-corrected chi connectivity index (χ0v) is 17.2. The summed E-state index contributed by atoms with van der Waals surface area (Å²) in [4.78, 5) is 21.3. The summed E-state index contributed by atoms with van der Waals surface area (Å²) in [5, 5.41) is 3.70. The smallest absolute Gasteiger partial charge is 0.365 e. The maximum absolute atomic E-state index is 12.2. The van der Waals surface area contributed by atoms with E-state index in [2.05, 4.69) is 17.1 Å². The van der Waals surface area contributed by atoms with Crippen molar-refractivity contribution in [3.05, 3.63) is 65.5 Å². The number of oxime groups is 1. The van der Waals surface area contributed by atoms with Gasteiger partial charge in [0.05, 0.1) is 5.56 Å². The first-order chi connectivity index (χ1) is 14.2. The van der Waals surface area contributed by atoms with Gasteiger partial charge in [-0.05, 0) is 67.3 Å². The van der Waals surface area contributed by atoms with E-state index in [4.69, 9.17) is 10.6 Å². The van der Waals surface area contributed by atoms with Crippen molar-refractivity contribution < 1.29 is 9.63 Å². The van der Waals surface area contributed by atoms with E-state index in [1.165, 1.54) is 56.9 Å². The number of carbonyl (C=O) groups is 1. The molecule has 0 atom stereocenters. The molecule has 1 heterocycles. The van der Waals surface area contributed by atoms with Gasteiger partial charge in [-0.3, -0.25) is 4.98 Å². The summed E-state index contributed by atoms with van der Waals surface area (Å²) < 4.78 is 0. The topological polar surface area (TPSA) is 77.6 Å². The van der Waals surface area contributed by atoms with Crippen molar-refractivity contribution in [2.45, 2.75) is 64.2 Å². The fourth-order valence-corrected chi connectivity index (χ4v) is 4.06. The third-order valence-electron chi connectivity index (χ3n) is 5.83. The second-order valence-electron chi connectivity index (χ2n) is 7.91. The number of hydrogen-bond donors (Lipinski definition) is 1. The Balaban J connectivity index is 1.50. The Kier molecular flexibility index (Phi) is 7.79. The maximum atomic E-state index is 12.2. The Morgan fingerprint density at radius 2 is 1.86 bits per heavy atom. The number of unbranched alkanes of at least 4 members (excludes halogenated alkanes) is 2. The molecule has 0 unspecified atom stereocenters. The van der Waals surface area contributed by atoms with Crippen LogP contribution in [-0.2, 0) is 4.84 Å². The second-order valence-corrected chi connectivity index (χ2v) is 7.91. The number of nitrogens with two attached hydrogens (primary N) is 1. The molecule has 5 nitrogen and oxygen atoms in total. The van der Waals surface area contributed by atoms with Gasteiger partial charge in [0, 0.05) is 6.20 Å². The normalized spacial score (nSPS) is 19.7. The van der Waals surface area contributed by atoms with Crippen molar-refractivity contribution in [1.29, 1.82) is 0 Å². The predicted molar refractivity (Wildman–Crippen MR) is 116 cm³/mol. The van der Waals surface area contributed by atoms with Gasteiger partial charge in [-0.2, -0.15) is 0 Å². The second kappa shape index (κ2) is 10.7. The zero-order valence-electron chi connectivity index (χ0n) is 17.2. The molecule has 1 aromatic heterocycles. The highest BCUT2D eigenvalue weighted by Gasteiger charge is 2.22. The Morgan fingerprint density at radius 3 is 2.52 bits per heavy atom. The van der Waals surface area contributed by atoms with Gasteiger partial charge < -0.3 is 10.6 Å². The molecule has 1 aromatic carbocycles. The van der Waals surface area contributed by atoms with Crippen LogP contribution in [0.25, 0.3) is 0 Å². The van der Waals surface area contributed by atoms with E-state index < -0.39 is 5.97 Å². The highest BCUT2D eigenvalue weighted by Crippen LogP contribution is 2.37. The number of hydrogen-bond acceptors (Lipinski definition) is 4. The molecular weight excluding hydrogens is 362 g/mol. The van der Waals surface area contributed by atoms with Crippen molar-refractivity contribution in [1.82, 2.24) is 4.98 Å². The summed E-state index contributed by atoms with van der Waals surface area (Å²) >= 11 is 0. The average Bonchev–Trinajstić information content (AvgIpc) is 2.78. The Morgan fingerprint density at radius 1 is 1.10 bits per heavy atom. The maximum Gasteiger partial charge on any atom is 0.365 e. The largest absolute Gasteiger partial charge is 0.379 e. The molecule has 0 amide bonds. The molecular formula is C24H31N3O2. The highest BCUT2D eigenvalue weighted by atomic mass is 16.7. The van der Waals surface area contributed by atoms with Crippen molar-refractivity contribution in [3.63, 3.8) is 0 Å². The molecule has 1 fully saturated rings. The van der Waals surface area contributed by atoms with E-state index in [0.29, 0.717) is 17.2 Å². The lowest BCUT2D eigenvalue weighted by Crippen LogP contribution is -2.16. The van der Waals surface area contributed by atoms with Gasteiger partial charge in [0.2, 0.25) is 0 Å². The lowest BCUT2D eigenvalue weighted by molar-refractivity contribution is 0.0516. The molecule has 0 saturated heterocycles. The number of amidine groups is 1. The first-order valence-corrected chi connectivity index (χ1v) is 10.7. The highest BCUT2D eigenvalue weighted by molar-refractivity contribution is 5.96. The molecule has 0 spiro atoms. The van der Waals surface area contributed by atoms with Crippen molar-refractivity contribution in [3.8, 4) is 0 Å². The minimum Gasteiger partial charge on any atom is -0.379 e. The lowest BCUT2D eigenvalue weighted by Gasteiger charge is -2.29. The van der Waals surface area contributed by atoms with Crippen LogP contribution in [0.1, 0.15) is 85.8 Å². The molecule has 1 aliphatic rings. The van der Waals surface area contributed by atoms with Gasteiger partial charge in [0.1, 0.15) is 5.69 Å². The first kappa shape index (κ1) is 21.0. The summed E-state index contributed by atoms with van der Waals surface area (Å²) in [5.74, 6) is 1.05. The van der Waals surface area contributed by atoms with E-state index in [1.54, 1.807) is 24.4 Å². The number of pyridine rings is 1. The standard InChI is InChI=1S/C24H31N3O2/c1-2-3-4-7-18-9-11-19(12-10-18)20-13-15-21(16-14-20)24(28)29-27-23(25)22-8-5-6-17-26-22/h5-6,8,13-19H,2-4,7,9-12H2,1H3,(H2,25,27). The molecule has 3 rings (SSSR count). The van der Waals surface area contributed by atoms with E-state index >= 15 is 0 Å². The summed E-state index contributed by atoms with van der Waals surface area (Å²) in [6, 6.07) is 13.0. The molecule has 5 heteroatoms. The molecule has 2 N–H and O–H groups in total. The predicted octanol–water partition coefficient (Wildman–Crippen LogP) is 5.41. The molecule has 0 bridgehead atoms. The number of aromatic nitrogens is 1. The fraction of sp³-hybridized carbons (Fsp3) is 0.458. The summed E-state index contributed by atoms with van der Waals surface area (Å²) in [6.45, 7) is 2.26. The number of nitrogens with zero attached hydrogens (tertiary/aromatic N) is 2. The van der Waals surface area contributed by atoms with E-state index in [9.17, 15) is 4.79 Å². The monoisotopic (exact) mass is 393 g/mol. The Labute approximate surface area is 173 Å². The molecule has 0 radical (unpaired) electrons. The third kappa shape index (κ3) is 6.14. The summed E-state index contributed by atoms with van der Waals surface area (Å²) in [7, 11) is 0. The van der Waals surface area contributed by atoms with Crippen LogP contribution in [0.15, 0.2) is 53.8 Å². The summed E-state index contributed by atoms with van der Waals surface area (Å²) in [5.41, 5.74) is 8.06. The van der Waals surface area contributed by atoms with Gasteiger partial charge in [-0.15, -0.1) is 0 Å². The lowest BCUT2D eigenvalue weighted by atomic mass is 9.77. The third-order valence-corrected chi connectivity index (χ3v) is 5.83. The van der Waals surface area contributed by atoms with Gasteiger partial charge in [-0.25, -0.2) is 4.79 Å². The van der Waals surface area contributed by atoms with E-state index in [1.807, 2.05) is 24.3 Å². The van der Waals surface area contributed by atoms with Crippen LogP contribution in [0.2, 0.25) is 0 Å². The van der Waals surface area contributed by atoms with Crippen LogP contribution in [0, 0.1) is 5.92 Å². The van der Waals surface area contributed by atoms with Crippen LogP contribution < -0.4 is 5.73 Å². The number of benzene rings is 1. The Bertz CT molecular complexity index is 795. The van der Waals surface area contributed by atoms with Crippen LogP contribution in [-0.4, -0.2) is 16.8 Å². The molecule has 29 heavy (non-hydrogen) atoms. The zero-order chi connectivity index (χ0) is 20.5. The molecule has 154 valence electrons. The van der Waals surface area contributed by atoms with E-state index in [0.717, 1.165) is 5.92 Å². The molecule has 0 aliphatic heterocycles. The van der Waals surface area contributed by atoms with Gasteiger partial charge in [0.15, 0.2) is 5.84 Å². The van der Waals surface area contributed by atoms with Crippen LogP contribution in [0.3, 0.4) is 0 Å². The average molecular weight is 394 g/mol. The minimum atomic E-state index is -0.518. The first-order valence-electron chi connectivity index (χ1n) is 10.7. The minimum absolute atomic E-state index is 0.0752. The van der Waals surface area contributed by atoms with Crippen molar-refractivity contribution in [2.24, 2.45) is 16.8 Å². The van der Waals surface area contributed by atoms with Gasteiger partial charge in [-0.1, -0.05) is 56.0 Å². The van der Waals surface area contributed by atoms with Crippen molar-refractivity contribution in [2.75, 3.05) is 0 Å².